The largest absolute Gasteiger partial charge is 0.496 e. The summed E-state index contributed by atoms with van der Waals surface area (Å²) >= 11 is 3.40. The Hall–Kier alpha value is -1.56. The van der Waals surface area contributed by atoms with Crippen LogP contribution in [-0.4, -0.2) is 25.5 Å². The van der Waals surface area contributed by atoms with E-state index in [-0.39, 0.29) is 24.2 Å². The molecule has 1 aromatic rings. The Bertz CT molecular complexity index is 562. The summed E-state index contributed by atoms with van der Waals surface area (Å²) < 4.78 is 6.19. The fraction of sp³-hybridized carbons (Fsp3) is 0.500. The monoisotopic (exact) mass is 368 g/mol. The predicted octanol–water partition coefficient (Wildman–Crippen LogP) is 2.24. The van der Waals surface area contributed by atoms with Gasteiger partial charge < -0.3 is 15.4 Å². The van der Waals surface area contributed by atoms with Crippen LogP contribution in [0, 0.1) is 11.8 Å². The van der Waals surface area contributed by atoms with E-state index in [0.29, 0.717) is 19.0 Å². The molecule has 1 fully saturated rings. The fourth-order valence-electron chi connectivity index (χ4n) is 2.29. The van der Waals surface area contributed by atoms with Gasteiger partial charge in [-0.1, -0.05) is 22.9 Å². The molecule has 0 saturated heterocycles. The topological polar surface area (TPSA) is 67.4 Å². The van der Waals surface area contributed by atoms with E-state index in [9.17, 15) is 9.59 Å². The number of ether oxygens (including phenoxy) is 1. The van der Waals surface area contributed by atoms with E-state index in [1.54, 1.807) is 7.11 Å². The number of methoxy groups -OCH3 is 1. The van der Waals surface area contributed by atoms with Gasteiger partial charge in [-0.25, -0.2) is 0 Å². The Kier molecular flexibility index (Phi) is 5.83. The maximum absolute atomic E-state index is 11.8. The molecule has 2 amide bonds. The highest BCUT2D eigenvalue weighted by Crippen LogP contribution is 2.37. The second-order valence-electron chi connectivity index (χ2n) is 5.59. The van der Waals surface area contributed by atoms with Crippen LogP contribution in [0.3, 0.4) is 0 Å². The molecule has 120 valence electrons. The van der Waals surface area contributed by atoms with Crippen LogP contribution in [0.2, 0.25) is 0 Å². The lowest BCUT2D eigenvalue weighted by Gasteiger charge is -2.10. The summed E-state index contributed by atoms with van der Waals surface area (Å²) in [6, 6.07) is 5.65. The number of carbonyl (C=O) groups excluding carboxylic acids is 2. The summed E-state index contributed by atoms with van der Waals surface area (Å²) in [5, 5.41) is 5.64. The number of rotatable bonds is 7. The normalized spacial score (nSPS) is 19.4. The summed E-state index contributed by atoms with van der Waals surface area (Å²) in [6.07, 6.45) is 1.24. The van der Waals surface area contributed by atoms with Gasteiger partial charge in [0.1, 0.15) is 5.75 Å². The van der Waals surface area contributed by atoms with E-state index in [0.717, 1.165) is 22.2 Å². The number of halogens is 1. The van der Waals surface area contributed by atoms with Crippen molar-refractivity contribution in [1.29, 1.82) is 0 Å². The number of amides is 2. The standard InChI is InChI=1S/C16H21BrN2O3/c1-10-7-13(10)16(21)18-6-5-15(20)19-9-11-8-12(17)3-4-14(11)22-2/h3-4,8,10,13H,5-7,9H2,1-2H3,(H,18,21)(H,19,20). The van der Waals surface area contributed by atoms with Gasteiger partial charge in [0.05, 0.1) is 7.11 Å². The van der Waals surface area contributed by atoms with E-state index in [1.165, 1.54) is 0 Å². The van der Waals surface area contributed by atoms with Crippen LogP contribution in [-0.2, 0) is 16.1 Å². The molecule has 22 heavy (non-hydrogen) atoms. The molecule has 0 aromatic heterocycles. The van der Waals surface area contributed by atoms with Gasteiger partial charge in [0, 0.05) is 35.5 Å². The molecule has 1 aliphatic carbocycles. The molecule has 0 heterocycles. The number of hydrogen-bond donors (Lipinski definition) is 2. The van der Waals surface area contributed by atoms with Crippen LogP contribution in [0.15, 0.2) is 22.7 Å². The van der Waals surface area contributed by atoms with Crippen molar-refractivity contribution >= 4 is 27.7 Å². The van der Waals surface area contributed by atoms with Crippen molar-refractivity contribution in [3.05, 3.63) is 28.2 Å². The Morgan fingerprint density at radius 1 is 1.36 bits per heavy atom. The zero-order chi connectivity index (χ0) is 16.1. The van der Waals surface area contributed by atoms with E-state index >= 15 is 0 Å². The Labute approximate surface area is 138 Å². The Morgan fingerprint density at radius 3 is 2.73 bits per heavy atom. The first-order valence-corrected chi connectivity index (χ1v) is 8.17. The molecule has 2 N–H and O–H groups in total. The first kappa shape index (κ1) is 16.8. The minimum Gasteiger partial charge on any atom is -0.496 e. The third-order valence-electron chi connectivity index (χ3n) is 3.82. The van der Waals surface area contributed by atoms with Crippen LogP contribution in [0.5, 0.6) is 5.75 Å². The number of nitrogens with one attached hydrogen (secondary N) is 2. The molecule has 2 unspecified atom stereocenters. The van der Waals surface area contributed by atoms with Crippen molar-refractivity contribution in [3.8, 4) is 5.75 Å². The highest BCUT2D eigenvalue weighted by molar-refractivity contribution is 9.10. The van der Waals surface area contributed by atoms with Crippen molar-refractivity contribution < 1.29 is 14.3 Å². The van der Waals surface area contributed by atoms with Crippen LogP contribution < -0.4 is 15.4 Å². The van der Waals surface area contributed by atoms with Crippen molar-refractivity contribution in [1.82, 2.24) is 10.6 Å². The Morgan fingerprint density at radius 2 is 2.09 bits per heavy atom. The third kappa shape index (κ3) is 4.73. The second kappa shape index (κ2) is 7.63. The SMILES string of the molecule is COc1ccc(Br)cc1CNC(=O)CCNC(=O)C1CC1C. The molecule has 0 radical (unpaired) electrons. The van der Waals surface area contributed by atoms with Gasteiger partial charge in [0.15, 0.2) is 0 Å². The molecule has 0 aliphatic heterocycles. The highest BCUT2D eigenvalue weighted by atomic mass is 79.9. The van der Waals surface area contributed by atoms with Crippen molar-refractivity contribution in [2.24, 2.45) is 11.8 Å². The highest BCUT2D eigenvalue weighted by Gasteiger charge is 2.38. The average molecular weight is 369 g/mol. The van der Waals surface area contributed by atoms with E-state index in [1.807, 2.05) is 18.2 Å². The summed E-state index contributed by atoms with van der Waals surface area (Å²) in [7, 11) is 1.60. The maximum atomic E-state index is 11.8. The minimum absolute atomic E-state index is 0.0639. The van der Waals surface area contributed by atoms with Crippen molar-refractivity contribution in [2.75, 3.05) is 13.7 Å². The molecular formula is C16H21BrN2O3. The lowest BCUT2D eigenvalue weighted by Crippen LogP contribution is -2.31. The van der Waals surface area contributed by atoms with Gasteiger partial charge in [-0.2, -0.15) is 0 Å². The molecule has 0 spiro atoms. The molecule has 2 atom stereocenters. The van der Waals surface area contributed by atoms with Gasteiger partial charge in [0.2, 0.25) is 11.8 Å². The first-order chi connectivity index (χ1) is 10.5. The van der Waals surface area contributed by atoms with Crippen molar-refractivity contribution in [2.45, 2.75) is 26.3 Å². The number of hydrogen-bond acceptors (Lipinski definition) is 3. The summed E-state index contributed by atoms with van der Waals surface area (Å²) in [5.74, 6) is 1.34. The summed E-state index contributed by atoms with van der Waals surface area (Å²) in [4.78, 5) is 23.5. The molecule has 1 aliphatic rings. The number of carbonyl (C=O) groups is 2. The van der Waals surface area contributed by atoms with E-state index in [2.05, 4.69) is 33.5 Å². The van der Waals surface area contributed by atoms with E-state index < -0.39 is 0 Å². The summed E-state index contributed by atoms with van der Waals surface area (Å²) in [5.41, 5.74) is 0.904. The molecular weight excluding hydrogens is 348 g/mol. The lowest BCUT2D eigenvalue weighted by atomic mass is 10.2. The molecule has 6 heteroatoms. The van der Waals surface area contributed by atoms with Crippen LogP contribution >= 0.6 is 15.9 Å². The van der Waals surface area contributed by atoms with Crippen LogP contribution in [0.25, 0.3) is 0 Å². The third-order valence-corrected chi connectivity index (χ3v) is 4.31. The van der Waals surface area contributed by atoms with Crippen LogP contribution in [0.1, 0.15) is 25.3 Å². The number of benzene rings is 1. The zero-order valence-electron chi connectivity index (χ0n) is 12.8. The van der Waals surface area contributed by atoms with Gasteiger partial charge >= 0.3 is 0 Å². The van der Waals surface area contributed by atoms with Crippen molar-refractivity contribution in [3.63, 3.8) is 0 Å². The van der Waals surface area contributed by atoms with Gasteiger partial charge in [-0.15, -0.1) is 0 Å². The lowest BCUT2D eigenvalue weighted by molar-refractivity contribution is -0.123. The molecule has 0 bridgehead atoms. The smallest absolute Gasteiger partial charge is 0.223 e. The van der Waals surface area contributed by atoms with Gasteiger partial charge in [-0.3, -0.25) is 9.59 Å². The predicted molar refractivity (Wildman–Crippen MR) is 87.4 cm³/mol. The van der Waals surface area contributed by atoms with E-state index in [4.69, 9.17) is 4.74 Å². The first-order valence-electron chi connectivity index (χ1n) is 7.38. The average Bonchev–Trinajstić information content (AvgIpc) is 3.22. The van der Waals surface area contributed by atoms with Crippen LogP contribution in [0.4, 0.5) is 0 Å². The minimum atomic E-state index is -0.0915. The molecule has 1 saturated carbocycles. The molecule has 1 aromatic carbocycles. The molecule has 2 rings (SSSR count). The Balaban J connectivity index is 1.71. The molecule has 5 nitrogen and oxygen atoms in total. The maximum Gasteiger partial charge on any atom is 0.223 e. The second-order valence-corrected chi connectivity index (χ2v) is 6.51. The quantitative estimate of drug-likeness (QED) is 0.775. The fourth-order valence-corrected chi connectivity index (χ4v) is 2.69. The zero-order valence-corrected chi connectivity index (χ0v) is 14.4. The van der Waals surface area contributed by atoms with Gasteiger partial charge in [0.25, 0.3) is 0 Å². The van der Waals surface area contributed by atoms with Gasteiger partial charge in [-0.05, 0) is 30.5 Å². The summed E-state index contributed by atoms with van der Waals surface area (Å²) in [6.45, 7) is 2.83.